The Balaban J connectivity index is 1.96. The number of hydrogen-bond acceptors (Lipinski definition) is 4. The number of phenolic OH excluding ortho intramolecular Hbond substituents is 1. The summed E-state index contributed by atoms with van der Waals surface area (Å²) in [7, 11) is 1.51. The number of phenols is 1. The molecule has 1 heterocycles. The summed E-state index contributed by atoms with van der Waals surface area (Å²) in [5.74, 6) is 0.901. The molecule has 0 unspecified atom stereocenters. The fraction of sp³-hybridized carbons (Fsp3) is 0.120. The molecule has 0 amide bonds. The molecule has 0 atom stereocenters. The number of aryl methyl sites for hydroxylation is 2. The molecule has 1 aromatic heterocycles. The van der Waals surface area contributed by atoms with Gasteiger partial charge in [0, 0.05) is 5.56 Å². The van der Waals surface area contributed by atoms with Crippen molar-refractivity contribution in [3.8, 4) is 17.2 Å². The largest absolute Gasteiger partial charge is 0.504 e. The summed E-state index contributed by atoms with van der Waals surface area (Å²) in [6, 6.07) is 18.5. The molecule has 4 rings (SSSR count). The predicted molar refractivity (Wildman–Crippen MR) is 120 cm³/mol. The molecular formula is C25H22N2O3. The Kier molecular flexibility index (Phi) is 5.11. The lowest BCUT2D eigenvalue weighted by molar-refractivity contribution is 0.373. The van der Waals surface area contributed by atoms with Crippen LogP contribution in [-0.4, -0.2) is 21.8 Å². The highest BCUT2D eigenvalue weighted by Gasteiger charge is 2.12. The van der Waals surface area contributed by atoms with Crippen LogP contribution >= 0.6 is 0 Å². The van der Waals surface area contributed by atoms with Gasteiger partial charge in [0.2, 0.25) is 0 Å². The number of benzene rings is 3. The lowest BCUT2D eigenvalue weighted by Crippen LogP contribution is -2.22. The fourth-order valence-corrected chi connectivity index (χ4v) is 3.59. The van der Waals surface area contributed by atoms with Gasteiger partial charge < -0.3 is 9.84 Å². The normalized spacial score (nSPS) is 11.3. The molecule has 5 heteroatoms. The number of aromatic nitrogens is 2. The first-order chi connectivity index (χ1) is 14.5. The van der Waals surface area contributed by atoms with Crippen molar-refractivity contribution in [2.24, 2.45) is 0 Å². The molecule has 1 N–H and O–H groups in total. The molecule has 0 aliphatic heterocycles. The van der Waals surface area contributed by atoms with Crippen molar-refractivity contribution in [2.45, 2.75) is 13.8 Å². The number of hydrogen-bond donors (Lipinski definition) is 1. The Hall–Kier alpha value is -3.86. The maximum Gasteiger partial charge on any atom is 0.266 e. The van der Waals surface area contributed by atoms with Crippen molar-refractivity contribution in [3.63, 3.8) is 0 Å². The molecule has 0 spiro atoms. The van der Waals surface area contributed by atoms with Gasteiger partial charge >= 0.3 is 0 Å². The second-order valence-electron chi connectivity index (χ2n) is 7.21. The van der Waals surface area contributed by atoms with E-state index in [4.69, 9.17) is 9.72 Å². The first-order valence-corrected chi connectivity index (χ1v) is 9.62. The first kappa shape index (κ1) is 19.5. The molecule has 4 aromatic rings. The summed E-state index contributed by atoms with van der Waals surface area (Å²) < 4.78 is 6.79. The molecule has 5 nitrogen and oxygen atoms in total. The van der Waals surface area contributed by atoms with Crippen LogP contribution in [0.25, 0.3) is 28.7 Å². The second-order valence-corrected chi connectivity index (χ2v) is 7.21. The average Bonchev–Trinajstić information content (AvgIpc) is 2.72. The molecule has 150 valence electrons. The van der Waals surface area contributed by atoms with Crippen LogP contribution < -0.4 is 10.3 Å². The van der Waals surface area contributed by atoms with E-state index in [1.807, 2.05) is 44.2 Å². The second kappa shape index (κ2) is 7.87. The lowest BCUT2D eigenvalue weighted by Gasteiger charge is -2.13. The molecule has 0 aliphatic carbocycles. The van der Waals surface area contributed by atoms with E-state index < -0.39 is 0 Å². The van der Waals surface area contributed by atoms with Crippen LogP contribution in [0.5, 0.6) is 11.5 Å². The van der Waals surface area contributed by atoms with Crippen molar-refractivity contribution >= 4 is 23.1 Å². The van der Waals surface area contributed by atoms with Gasteiger partial charge in [-0.3, -0.25) is 9.36 Å². The fourth-order valence-electron chi connectivity index (χ4n) is 3.59. The van der Waals surface area contributed by atoms with Gasteiger partial charge in [0.15, 0.2) is 11.5 Å². The maximum atomic E-state index is 13.4. The summed E-state index contributed by atoms with van der Waals surface area (Å²) in [4.78, 5) is 18.1. The van der Waals surface area contributed by atoms with E-state index in [-0.39, 0.29) is 11.3 Å². The van der Waals surface area contributed by atoms with E-state index in [9.17, 15) is 9.90 Å². The van der Waals surface area contributed by atoms with E-state index in [0.717, 1.165) is 16.8 Å². The van der Waals surface area contributed by atoms with Crippen molar-refractivity contribution < 1.29 is 9.84 Å². The Bertz CT molecular complexity index is 1320. The SMILES string of the molecule is COc1cccc(C=Cc2nc3ccccc3c(=O)n2-c2cc(C)cc(C)c2)c1O. The van der Waals surface area contributed by atoms with Crippen LogP contribution in [0.2, 0.25) is 0 Å². The van der Waals surface area contributed by atoms with Gasteiger partial charge in [-0.15, -0.1) is 0 Å². The van der Waals surface area contributed by atoms with E-state index in [0.29, 0.717) is 28.0 Å². The smallest absolute Gasteiger partial charge is 0.266 e. The third-order valence-corrected chi connectivity index (χ3v) is 4.93. The lowest BCUT2D eigenvalue weighted by atomic mass is 10.1. The molecule has 30 heavy (non-hydrogen) atoms. The van der Waals surface area contributed by atoms with Crippen LogP contribution in [0, 0.1) is 13.8 Å². The van der Waals surface area contributed by atoms with Gasteiger partial charge in [-0.25, -0.2) is 4.98 Å². The minimum atomic E-state index is -0.139. The number of fused-ring (bicyclic) bond motifs is 1. The van der Waals surface area contributed by atoms with Gasteiger partial charge in [-0.1, -0.05) is 30.3 Å². The standard InChI is InChI=1S/C25H22N2O3/c1-16-13-17(2)15-19(14-16)27-23(26-21-9-5-4-8-20(21)25(27)29)12-11-18-7-6-10-22(30-3)24(18)28/h4-15,28H,1-3H3. The molecule has 0 radical (unpaired) electrons. The number of para-hydroxylation sites is 2. The Labute approximate surface area is 174 Å². The van der Waals surface area contributed by atoms with Gasteiger partial charge in [0.05, 0.1) is 23.7 Å². The average molecular weight is 398 g/mol. The van der Waals surface area contributed by atoms with Gasteiger partial charge in [-0.05, 0) is 67.5 Å². The summed E-state index contributed by atoms with van der Waals surface area (Å²) in [6.07, 6.45) is 3.47. The minimum absolute atomic E-state index is 0.0392. The van der Waals surface area contributed by atoms with Crippen LogP contribution in [0.15, 0.2) is 65.5 Å². The van der Waals surface area contributed by atoms with Crippen LogP contribution in [0.1, 0.15) is 22.5 Å². The van der Waals surface area contributed by atoms with Crippen molar-refractivity contribution in [2.75, 3.05) is 7.11 Å². The summed E-state index contributed by atoms with van der Waals surface area (Å²) in [5.41, 5.74) is 3.93. The maximum absolute atomic E-state index is 13.4. The number of methoxy groups -OCH3 is 1. The highest BCUT2D eigenvalue weighted by molar-refractivity contribution is 5.80. The van der Waals surface area contributed by atoms with E-state index >= 15 is 0 Å². The molecular weight excluding hydrogens is 376 g/mol. The molecule has 0 saturated heterocycles. The zero-order valence-corrected chi connectivity index (χ0v) is 17.1. The van der Waals surface area contributed by atoms with Gasteiger partial charge in [0.25, 0.3) is 5.56 Å². The van der Waals surface area contributed by atoms with Gasteiger partial charge in [-0.2, -0.15) is 0 Å². The number of ether oxygens (including phenoxy) is 1. The summed E-state index contributed by atoms with van der Waals surface area (Å²) in [6.45, 7) is 4.00. The zero-order chi connectivity index (χ0) is 21.3. The monoisotopic (exact) mass is 398 g/mol. The predicted octanol–water partition coefficient (Wildman–Crippen LogP) is 4.89. The Morgan fingerprint density at radius 1 is 0.967 bits per heavy atom. The van der Waals surface area contributed by atoms with Gasteiger partial charge in [0.1, 0.15) is 5.82 Å². The van der Waals surface area contributed by atoms with E-state index in [2.05, 4.69) is 6.07 Å². The first-order valence-electron chi connectivity index (χ1n) is 9.62. The highest BCUT2D eigenvalue weighted by Crippen LogP contribution is 2.30. The molecule has 0 fully saturated rings. The summed E-state index contributed by atoms with van der Waals surface area (Å²) >= 11 is 0. The highest BCUT2D eigenvalue weighted by atomic mass is 16.5. The third kappa shape index (κ3) is 3.57. The number of rotatable bonds is 4. The van der Waals surface area contributed by atoms with E-state index in [1.165, 1.54) is 7.11 Å². The van der Waals surface area contributed by atoms with Crippen LogP contribution in [-0.2, 0) is 0 Å². The Morgan fingerprint density at radius 3 is 2.43 bits per heavy atom. The van der Waals surface area contributed by atoms with Crippen LogP contribution in [0.3, 0.4) is 0 Å². The number of nitrogens with zero attached hydrogens (tertiary/aromatic N) is 2. The van der Waals surface area contributed by atoms with Crippen molar-refractivity contribution in [1.29, 1.82) is 0 Å². The topological polar surface area (TPSA) is 64.3 Å². The van der Waals surface area contributed by atoms with Crippen LogP contribution in [0.4, 0.5) is 0 Å². The molecule has 0 aliphatic rings. The van der Waals surface area contributed by atoms with Crippen molar-refractivity contribution in [3.05, 3.63) is 93.5 Å². The quantitative estimate of drug-likeness (QED) is 0.532. The van der Waals surface area contributed by atoms with Crippen molar-refractivity contribution in [1.82, 2.24) is 9.55 Å². The summed E-state index contributed by atoms with van der Waals surface area (Å²) in [5, 5.41) is 10.9. The zero-order valence-electron chi connectivity index (χ0n) is 17.1. The van der Waals surface area contributed by atoms with E-state index in [1.54, 1.807) is 41.0 Å². The molecule has 3 aromatic carbocycles. The minimum Gasteiger partial charge on any atom is -0.504 e. The molecule has 0 bridgehead atoms. The number of aromatic hydroxyl groups is 1. The molecule has 0 saturated carbocycles. The Morgan fingerprint density at radius 2 is 1.70 bits per heavy atom. The third-order valence-electron chi connectivity index (χ3n) is 4.93.